The molecule has 0 spiro atoms. The highest BCUT2D eigenvalue weighted by Gasteiger charge is 2.23. The molecule has 1 N–H and O–H groups in total. The molecule has 5 heteroatoms. The molecule has 0 atom stereocenters. The number of rotatable bonds is 1. The predicted molar refractivity (Wildman–Crippen MR) is 65.0 cm³/mol. The number of carbonyl (C=O) groups is 1. The zero-order chi connectivity index (χ0) is 11.7. The summed E-state index contributed by atoms with van der Waals surface area (Å²) < 4.78 is 0. The highest BCUT2D eigenvalue weighted by Crippen LogP contribution is 2.29. The maximum atomic E-state index is 11.3. The Hall–Kier alpha value is -1.65. The summed E-state index contributed by atoms with van der Waals surface area (Å²) in [6.45, 7) is 2.13. The van der Waals surface area contributed by atoms with Gasteiger partial charge in [0, 0.05) is 25.1 Å². The summed E-state index contributed by atoms with van der Waals surface area (Å²) in [6.07, 6.45) is 6.61. The van der Waals surface area contributed by atoms with Gasteiger partial charge in [0.25, 0.3) is 0 Å². The molecule has 1 fully saturated rings. The summed E-state index contributed by atoms with van der Waals surface area (Å²) >= 11 is 0. The van der Waals surface area contributed by atoms with Crippen LogP contribution in [0.15, 0.2) is 6.33 Å². The molecule has 0 unspecified atom stereocenters. The Labute approximate surface area is 100 Å². The Morgan fingerprint density at radius 1 is 1.12 bits per heavy atom. The van der Waals surface area contributed by atoms with Crippen LogP contribution in [0.25, 0.3) is 0 Å². The first kappa shape index (κ1) is 10.5. The number of piperidine rings is 1. The van der Waals surface area contributed by atoms with Crippen molar-refractivity contribution in [1.82, 2.24) is 9.97 Å². The molecular weight excluding hydrogens is 216 g/mol. The fourth-order valence-electron chi connectivity index (χ4n) is 2.55. The second-order valence-electron chi connectivity index (χ2n) is 4.62. The van der Waals surface area contributed by atoms with Crippen molar-refractivity contribution in [2.45, 2.75) is 32.1 Å². The third kappa shape index (κ3) is 1.97. The number of hydrogen-bond acceptors (Lipinski definition) is 4. The average Bonchev–Trinajstić information content (AvgIpc) is 2.39. The van der Waals surface area contributed by atoms with E-state index in [4.69, 9.17) is 0 Å². The van der Waals surface area contributed by atoms with Crippen LogP contribution in [0.4, 0.5) is 11.6 Å². The zero-order valence-electron chi connectivity index (χ0n) is 9.78. The van der Waals surface area contributed by atoms with Gasteiger partial charge in [-0.25, -0.2) is 9.97 Å². The van der Waals surface area contributed by atoms with Crippen molar-refractivity contribution < 1.29 is 4.79 Å². The van der Waals surface area contributed by atoms with Crippen LogP contribution in [-0.4, -0.2) is 29.0 Å². The number of amides is 1. The van der Waals surface area contributed by atoms with Gasteiger partial charge in [-0.15, -0.1) is 0 Å². The molecule has 0 aliphatic carbocycles. The minimum atomic E-state index is 0.0563. The molecule has 2 aliphatic heterocycles. The van der Waals surface area contributed by atoms with Gasteiger partial charge in [-0.1, -0.05) is 0 Å². The van der Waals surface area contributed by atoms with Crippen LogP contribution < -0.4 is 10.2 Å². The van der Waals surface area contributed by atoms with Crippen LogP contribution in [0.2, 0.25) is 0 Å². The first-order valence-electron chi connectivity index (χ1n) is 6.23. The zero-order valence-corrected chi connectivity index (χ0v) is 9.78. The van der Waals surface area contributed by atoms with E-state index in [-0.39, 0.29) is 5.91 Å². The fraction of sp³-hybridized carbons (Fsp3) is 0.583. The Morgan fingerprint density at radius 3 is 2.76 bits per heavy atom. The van der Waals surface area contributed by atoms with E-state index < -0.39 is 0 Å². The Morgan fingerprint density at radius 2 is 1.94 bits per heavy atom. The lowest BCUT2D eigenvalue weighted by atomic mass is 10.1. The Kier molecular flexibility index (Phi) is 2.66. The second-order valence-corrected chi connectivity index (χ2v) is 4.62. The third-order valence-corrected chi connectivity index (χ3v) is 3.44. The van der Waals surface area contributed by atoms with Gasteiger partial charge in [-0.2, -0.15) is 0 Å². The van der Waals surface area contributed by atoms with Gasteiger partial charge in [0.1, 0.15) is 18.0 Å². The van der Waals surface area contributed by atoms with Gasteiger partial charge < -0.3 is 10.2 Å². The first-order valence-corrected chi connectivity index (χ1v) is 6.23. The second kappa shape index (κ2) is 4.31. The van der Waals surface area contributed by atoms with E-state index in [0.717, 1.165) is 30.9 Å². The van der Waals surface area contributed by atoms with Crippen LogP contribution in [0.3, 0.4) is 0 Å². The van der Waals surface area contributed by atoms with E-state index in [2.05, 4.69) is 20.2 Å². The summed E-state index contributed by atoms with van der Waals surface area (Å²) in [5, 5.41) is 2.82. The SMILES string of the molecule is O=C1CCc2c(ncnc2N2CCCCC2)N1. The quantitative estimate of drug-likeness (QED) is 0.794. The number of carbonyl (C=O) groups excluding carboxylic acids is 1. The smallest absolute Gasteiger partial charge is 0.225 e. The van der Waals surface area contributed by atoms with Crippen molar-refractivity contribution in [3.8, 4) is 0 Å². The lowest BCUT2D eigenvalue weighted by Crippen LogP contribution is -2.32. The Balaban J connectivity index is 1.94. The highest BCUT2D eigenvalue weighted by molar-refractivity contribution is 5.93. The topological polar surface area (TPSA) is 58.1 Å². The average molecular weight is 232 g/mol. The van der Waals surface area contributed by atoms with E-state index in [1.165, 1.54) is 19.3 Å². The molecule has 0 saturated carbocycles. The Bertz CT molecular complexity index is 440. The molecule has 5 nitrogen and oxygen atoms in total. The van der Waals surface area contributed by atoms with Gasteiger partial charge in [-0.3, -0.25) is 4.79 Å². The van der Waals surface area contributed by atoms with E-state index in [1.807, 2.05) is 0 Å². The molecule has 0 radical (unpaired) electrons. The summed E-state index contributed by atoms with van der Waals surface area (Å²) in [5.41, 5.74) is 1.11. The minimum absolute atomic E-state index is 0.0563. The van der Waals surface area contributed by atoms with Crippen molar-refractivity contribution in [2.24, 2.45) is 0 Å². The minimum Gasteiger partial charge on any atom is -0.356 e. The van der Waals surface area contributed by atoms with Crippen LogP contribution >= 0.6 is 0 Å². The number of nitrogens with one attached hydrogen (secondary N) is 1. The molecule has 3 rings (SSSR count). The summed E-state index contributed by atoms with van der Waals surface area (Å²) in [7, 11) is 0. The number of hydrogen-bond donors (Lipinski definition) is 1. The lowest BCUT2D eigenvalue weighted by molar-refractivity contribution is -0.116. The van der Waals surface area contributed by atoms with Crippen LogP contribution in [0.1, 0.15) is 31.2 Å². The molecule has 17 heavy (non-hydrogen) atoms. The molecular formula is C12H16N4O. The molecule has 0 aromatic carbocycles. The fourth-order valence-corrected chi connectivity index (χ4v) is 2.55. The standard InChI is InChI=1S/C12H16N4O/c17-10-5-4-9-11(15-10)13-8-14-12(9)16-6-2-1-3-7-16/h8H,1-7H2,(H,13,14,15,17). The number of anilines is 2. The maximum Gasteiger partial charge on any atom is 0.225 e. The van der Waals surface area contributed by atoms with Crippen LogP contribution in [-0.2, 0) is 11.2 Å². The molecule has 90 valence electrons. The maximum absolute atomic E-state index is 11.3. The van der Waals surface area contributed by atoms with Crippen molar-refractivity contribution in [3.63, 3.8) is 0 Å². The summed E-state index contributed by atoms with van der Waals surface area (Å²) in [4.78, 5) is 22.2. The van der Waals surface area contributed by atoms with Crippen LogP contribution in [0, 0.1) is 0 Å². The van der Waals surface area contributed by atoms with E-state index in [9.17, 15) is 4.79 Å². The predicted octanol–water partition coefficient (Wildman–Crippen LogP) is 1.35. The van der Waals surface area contributed by atoms with Gasteiger partial charge in [0.15, 0.2) is 0 Å². The van der Waals surface area contributed by atoms with Crippen LogP contribution in [0.5, 0.6) is 0 Å². The van der Waals surface area contributed by atoms with Gasteiger partial charge in [0.2, 0.25) is 5.91 Å². The molecule has 1 amide bonds. The third-order valence-electron chi connectivity index (χ3n) is 3.44. The first-order chi connectivity index (χ1) is 8.34. The van der Waals surface area contributed by atoms with Crippen molar-refractivity contribution in [1.29, 1.82) is 0 Å². The van der Waals surface area contributed by atoms with Crippen molar-refractivity contribution in [3.05, 3.63) is 11.9 Å². The molecule has 1 aromatic heterocycles. The molecule has 2 aliphatic rings. The largest absolute Gasteiger partial charge is 0.356 e. The van der Waals surface area contributed by atoms with Gasteiger partial charge in [0.05, 0.1) is 0 Å². The molecule has 3 heterocycles. The van der Waals surface area contributed by atoms with E-state index in [1.54, 1.807) is 6.33 Å². The van der Waals surface area contributed by atoms with E-state index in [0.29, 0.717) is 12.2 Å². The highest BCUT2D eigenvalue weighted by atomic mass is 16.1. The molecule has 1 saturated heterocycles. The number of fused-ring (bicyclic) bond motifs is 1. The van der Waals surface area contributed by atoms with E-state index >= 15 is 0 Å². The molecule has 1 aromatic rings. The van der Waals surface area contributed by atoms with Gasteiger partial charge >= 0.3 is 0 Å². The summed E-state index contributed by atoms with van der Waals surface area (Å²) in [6, 6.07) is 0. The monoisotopic (exact) mass is 232 g/mol. The van der Waals surface area contributed by atoms with Crippen molar-refractivity contribution in [2.75, 3.05) is 23.3 Å². The number of aromatic nitrogens is 2. The lowest BCUT2D eigenvalue weighted by Gasteiger charge is -2.30. The summed E-state index contributed by atoms with van der Waals surface area (Å²) in [5.74, 6) is 1.78. The normalized spacial score (nSPS) is 19.8. The van der Waals surface area contributed by atoms with Crippen molar-refractivity contribution >= 4 is 17.5 Å². The molecule has 0 bridgehead atoms. The van der Waals surface area contributed by atoms with Gasteiger partial charge in [-0.05, 0) is 25.7 Å². The number of nitrogens with zero attached hydrogens (tertiary/aromatic N) is 3.